The number of hydrogen-bond donors (Lipinski definition) is 1. The highest BCUT2D eigenvalue weighted by molar-refractivity contribution is 7.99. The van der Waals surface area contributed by atoms with Crippen molar-refractivity contribution < 1.29 is 0 Å². The minimum Gasteiger partial charge on any atom is -0.301 e. The molecule has 0 bridgehead atoms. The molecule has 1 rings (SSSR count). The topological polar surface area (TPSA) is 69.5 Å². The van der Waals surface area contributed by atoms with E-state index in [2.05, 4.69) is 16.0 Å². The van der Waals surface area contributed by atoms with Crippen molar-refractivity contribution in [3.8, 4) is 6.07 Å². The number of aromatic nitrogens is 2. The van der Waals surface area contributed by atoms with Crippen molar-refractivity contribution >= 4 is 11.8 Å². The van der Waals surface area contributed by atoms with Crippen molar-refractivity contribution in [1.82, 2.24) is 9.97 Å². The highest BCUT2D eigenvalue weighted by Gasteiger charge is 2.15. The number of H-pyrrole nitrogens is 1. The number of thioether (sulfide) groups is 1. The van der Waals surface area contributed by atoms with E-state index in [4.69, 9.17) is 5.26 Å². The standard InChI is InChI=1S/C12H17N3OS/c1-9-7-10(16)15-11(14-9)17-6-4-5-12(2,3)8-13/h7H,4-6H2,1-3H3,(H,14,15,16). The van der Waals surface area contributed by atoms with Gasteiger partial charge in [0.2, 0.25) is 0 Å². The van der Waals surface area contributed by atoms with Crippen LogP contribution in [0.5, 0.6) is 0 Å². The SMILES string of the molecule is Cc1cc(=O)[nH]c(SCCCC(C)(C)C#N)n1. The molecule has 5 heteroatoms. The lowest BCUT2D eigenvalue weighted by molar-refractivity contribution is 0.447. The zero-order valence-corrected chi connectivity index (χ0v) is 11.2. The summed E-state index contributed by atoms with van der Waals surface area (Å²) in [4.78, 5) is 18.1. The van der Waals surface area contributed by atoms with Gasteiger partial charge in [-0.1, -0.05) is 11.8 Å². The zero-order valence-electron chi connectivity index (χ0n) is 10.4. The predicted octanol–water partition coefficient (Wildman–Crippen LogP) is 2.50. The van der Waals surface area contributed by atoms with Crippen LogP contribution in [0.1, 0.15) is 32.4 Å². The molecule has 0 aliphatic heterocycles. The summed E-state index contributed by atoms with van der Waals surface area (Å²) in [6.07, 6.45) is 1.79. The smallest absolute Gasteiger partial charge is 0.251 e. The minimum absolute atomic E-state index is 0.114. The summed E-state index contributed by atoms with van der Waals surface area (Å²) in [6.45, 7) is 5.67. The maximum atomic E-state index is 11.2. The van der Waals surface area contributed by atoms with Gasteiger partial charge < -0.3 is 4.98 Å². The third-order valence-electron chi connectivity index (χ3n) is 2.34. The molecular weight excluding hydrogens is 234 g/mol. The van der Waals surface area contributed by atoms with Gasteiger partial charge in [-0.25, -0.2) is 4.98 Å². The van der Waals surface area contributed by atoms with Gasteiger partial charge in [-0.15, -0.1) is 0 Å². The second-order valence-corrected chi connectivity index (χ2v) is 5.72. The molecule has 17 heavy (non-hydrogen) atoms. The quantitative estimate of drug-likeness (QED) is 0.496. The highest BCUT2D eigenvalue weighted by atomic mass is 32.2. The van der Waals surface area contributed by atoms with Gasteiger partial charge in [0, 0.05) is 17.5 Å². The van der Waals surface area contributed by atoms with Crippen molar-refractivity contribution in [1.29, 1.82) is 5.26 Å². The molecule has 0 aliphatic rings. The van der Waals surface area contributed by atoms with Gasteiger partial charge >= 0.3 is 0 Å². The fourth-order valence-electron chi connectivity index (χ4n) is 1.36. The van der Waals surface area contributed by atoms with Gasteiger partial charge in [0.15, 0.2) is 5.16 Å². The first-order chi connectivity index (χ1) is 7.93. The van der Waals surface area contributed by atoms with E-state index in [9.17, 15) is 4.79 Å². The van der Waals surface area contributed by atoms with Gasteiger partial charge in [-0.3, -0.25) is 4.79 Å². The van der Waals surface area contributed by atoms with Gasteiger partial charge in [-0.05, 0) is 33.6 Å². The Morgan fingerprint density at radius 3 is 2.88 bits per heavy atom. The fraction of sp³-hybridized carbons (Fsp3) is 0.583. The summed E-state index contributed by atoms with van der Waals surface area (Å²) in [5, 5.41) is 9.52. The number of nitrogens with one attached hydrogen (secondary N) is 1. The Morgan fingerprint density at radius 2 is 2.29 bits per heavy atom. The number of aryl methyl sites for hydroxylation is 1. The van der Waals surface area contributed by atoms with Crippen molar-refractivity contribution in [3.05, 3.63) is 22.1 Å². The number of nitriles is 1. The largest absolute Gasteiger partial charge is 0.301 e. The number of rotatable bonds is 5. The third kappa shape index (κ3) is 5.05. The zero-order chi connectivity index (χ0) is 12.9. The van der Waals surface area contributed by atoms with E-state index in [1.54, 1.807) is 6.92 Å². The average Bonchev–Trinajstić information content (AvgIpc) is 2.23. The molecule has 0 atom stereocenters. The van der Waals surface area contributed by atoms with Crippen molar-refractivity contribution in [2.24, 2.45) is 5.41 Å². The molecule has 0 aromatic carbocycles. The summed E-state index contributed by atoms with van der Waals surface area (Å²) in [7, 11) is 0. The lowest BCUT2D eigenvalue weighted by Gasteiger charge is -2.13. The number of nitrogens with zero attached hydrogens (tertiary/aromatic N) is 2. The number of aromatic amines is 1. The van der Waals surface area contributed by atoms with E-state index in [0.717, 1.165) is 24.3 Å². The van der Waals surface area contributed by atoms with E-state index >= 15 is 0 Å². The summed E-state index contributed by atoms with van der Waals surface area (Å²) in [5.74, 6) is 0.859. The van der Waals surface area contributed by atoms with Crippen LogP contribution in [0, 0.1) is 23.7 Å². The Labute approximate surface area is 105 Å². The first-order valence-electron chi connectivity index (χ1n) is 5.55. The van der Waals surface area contributed by atoms with Crippen LogP contribution in [-0.4, -0.2) is 15.7 Å². The van der Waals surface area contributed by atoms with E-state index in [0.29, 0.717) is 5.16 Å². The van der Waals surface area contributed by atoms with Crippen LogP contribution in [0.3, 0.4) is 0 Å². The maximum absolute atomic E-state index is 11.2. The molecule has 1 aromatic heterocycles. The molecule has 1 heterocycles. The summed E-state index contributed by atoms with van der Waals surface area (Å²) >= 11 is 1.52. The second-order valence-electron chi connectivity index (χ2n) is 4.64. The fourth-order valence-corrected chi connectivity index (χ4v) is 2.22. The lowest BCUT2D eigenvalue weighted by Crippen LogP contribution is -2.09. The average molecular weight is 251 g/mol. The Morgan fingerprint density at radius 1 is 1.59 bits per heavy atom. The van der Waals surface area contributed by atoms with Crippen LogP contribution in [0.4, 0.5) is 0 Å². The Kier molecular flexibility index (Phi) is 4.76. The molecule has 0 spiro atoms. The van der Waals surface area contributed by atoms with Crippen molar-refractivity contribution in [2.45, 2.75) is 38.8 Å². The van der Waals surface area contributed by atoms with Crippen LogP contribution in [-0.2, 0) is 0 Å². The molecule has 4 nitrogen and oxygen atoms in total. The molecule has 1 N–H and O–H groups in total. The second kappa shape index (κ2) is 5.87. The molecule has 0 aliphatic carbocycles. The summed E-state index contributed by atoms with van der Waals surface area (Å²) in [5.41, 5.74) is 0.347. The molecule has 92 valence electrons. The molecule has 0 saturated carbocycles. The first kappa shape index (κ1) is 13.8. The van der Waals surface area contributed by atoms with Crippen molar-refractivity contribution in [2.75, 3.05) is 5.75 Å². The number of hydrogen-bond acceptors (Lipinski definition) is 4. The van der Waals surface area contributed by atoms with Crippen molar-refractivity contribution in [3.63, 3.8) is 0 Å². The minimum atomic E-state index is -0.270. The molecule has 0 unspecified atom stereocenters. The Bertz CT molecular complexity index is 473. The van der Waals surface area contributed by atoms with Crippen LogP contribution in [0.25, 0.3) is 0 Å². The molecule has 1 aromatic rings. The lowest BCUT2D eigenvalue weighted by atomic mass is 9.90. The molecule has 0 radical (unpaired) electrons. The van der Waals surface area contributed by atoms with Gasteiger partial charge in [0.1, 0.15) is 0 Å². The molecule has 0 saturated heterocycles. The third-order valence-corrected chi connectivity index (χ3v) is 3.30. The first-order valence-corrected chi connectivity index (χ1v) is 6.53. The van der Waals surface area contributed by atoms with Gasteiger partial charge in [0.05, 0.1) is 11.5 Å². The van der Waals surface area contributed by atoms with E-state index in [1.807, 2.05) is 13.8 Å². The summed E-state index contributed by atoms with van der Waals surface area (Å²) in [6, 6.07) is 3.75. The van der Waals surface area contributed by atoms with E-state index in [-0.39, 0.29) is 11.0 Å². The van der Waals surface area contributed by atoms with Gasteiger partial charge in [-0.2, -0.15) is 5.26 Å². The van der Waals surface area contributed by atoms with E-state index < -0.39 is 0 Å². The molecule has 0 fully saturated rings. The molecular formula is C12H17N3OS. The Balaban J connectivity index is 2.42. The normalized spacial score (nSPS) is 11.2. The van der Waals surface area contributed by atoms with Crippen LogP contribution in [0.2, 0.25) is 0 Å². The monoisotopic (exact) mass is 251 g/mol. The summed E-state index contributed by atoms with van der Waals surface area (Å²) < 4.78 is 0. The highest BCUT2D eigenvalue weighted by Crippen LogP contribution is 2.23. The van der Waals surface area contributed by atoms with Crippen LogP contribution in [0.15, 0.2) is 16.0 Å². The van der Waals surface area contributed by atoms with Gasteiger partial charge in [0.25, 0.3) is 5.56 Å². The van der Waals surface area contributed by atoms with Crippen LogP contribution < -0.4 is 5.56 Å². The predicted molar refractivity (Wildman–Crippen MR) is 68.9 cm³/mol. The van der Waals surface area contributed by atoms with Crippen LogP contribution >= 0.6 is 11.8 Å². The maximum Gasteiger partial charge on any atom is 0.251 e. The Hall–Kier alpha value is -1.28. The van der Waals surface area contributed by atoms with E-state index in [1.165, 1.54) is 17.8 Å². The molecule has 0 amide bonds.